The number of oxime groups is 1. The lowest BCUT2D eigenvalue weighted by Crippen LogP contribution is -2.52. The lowest BCUT2D eigenvalue weighted by atomic mass is 10.1. The summed E-state index contributed by atoms with van der Waals surface area (Å²) >= 11 is 0. The molecule has 15 heavy (non-hydrogen) atoms. The Hall–Kier alpha value is -1.15. The Bertz CT molecular complexity index is 372. The van der Waals surface area contributed by atoms with Crippen molar-refractivity contribution in [2.24, 2.45) is 10.9 Å². The van der Waals surface area contributed by atoms with E-state index in [2.05, 4.69) is 14.7 Å². The fraction of sp³-hybridized carbons (Fsp3) is 0.714. The van der Waals surface area contributed by atoms with Crippen molar-refractivity contribution >= 4 is 21.8 Å². The van der Waals surface area contributed by atoms with E-state index in [9.17, 15) is 13.2 Å². The van der Waals surface area contributed by atoms with Crippen LogP contribution >= 0.6 is 0 Å². The minimum atomic E-state index is -3.42. The van der Waals surface area contributed by atoms with Crippen LogP contribution in [-0.2, 0) is 19.7 Å². The smallest absolute Gasteiger partial charge is 0.332 e. The molecule has 0 aliphatic carbocycles. The molecule has 8 heteroatoms. The van der Waals surface area contributed by atoms with Crippen molar-refractivity contribution in [3.05, 3.63) is 0 Å². The number of nitrogens with two attached hydrogens (primary N) is 1. The highest BCUT2D eigenvalue weighted by Gasteiger charge is 2.27. The quantitative estimate of drug-likeness (QED) is 0.286. The molecule has 0 aromatic carbocycles. The topological polar surface area (TPSA) is 111 Å². The van der Waals surface area contributed by atoms with Gasteiger partial charge in [0.2, 0.25) is 10.0 Å². The zero-order valence-electron chi connectivity index (χ0n) is 9.07. The molecule has 0 unspecified atom stereocenters. The van der Waals surface area contributed by atoms with Gasteiger partial charge in [-0.05, 0) is 13.8 Å². The van der Waals surface area contributed by atoms with E-state index in [0.29, 0.717) is 0 Å². The van der Waals surface area contributed by atoms with Crippen LogP contribution in [0.4, 0.5) is 0 Å². The van der Waals surface area contributed by atoms with Gasteiger partial charge >= 0.3 is 5.97 Å². The highest BCUT2D eigenvalue weighted by atomic mass is 32.2. The molecule has 0 bridgehead atoms. The number of amidine groups is 1. The molecule has 0 heterocycles. The molecule has 0 aromatic rings. The second-order valence-corrected chi connectivity index (χ2v) is 5.31. The van der Waals surface area contributed by atoms with Gasteiger partial charge in [0.25, 0.3) is 0 Å². The van der Waals surface area contributed by atoms with E-state index >= 15 is 0 Å². The van der Waals surface area contributed by atoms with E-state index in [0.717, 1.165) is 13.2 Å². The SMILES string of the molecule is CC(=O)ON=C(N)C(C)(C)NS(C)(=O)=O. The van der Waals surface area contributed by atoms with Crippen molar-refractivity contribution in [2.75, 3.05) is 6.26 Å². The highest BCUT2D eigenvalue weighted by molar-refractivity contribution is 7.88. The van der Waals surface area contributed by atoms with Gasteiger partial charge < -0.3 is 10.6 Å². The Morgan fingerprint density at radius 1 is 1.47 bits per heavy atom. The van der Waals surface area contributed by atoms with Gasteiger partial charge in [-0.25, -0.2) is 17.9 Å². The van der Waals surface area contributed by atoms with E-state index in [-0.39, 0.29) is 5.84 Å². The van der Waals surface area contributed by atoms with Crippen LogP contribution in [-0.4, -0.2) is 32.0 Å². The van der Waals surface area contributed by atoms with Crippen molar-refractivity contribution < 1.29 is 18.0 Å². The first-order chi connectivity index (χ1) is 6.54. The molecule has 0 saturated carbocycles. The van der Waals surface area contributed by atoms with Crippen LogP contribution in [0.3, 0.4) is 0 Å². The molecule has 88 valence electrons. The predicted molar refractivity (Wildman–Crippen MR) is 55.4 cm³/mol. The molecule has 0 rings (SSSR count). The molecule has 0 radical (unpaired) electrons. The predicted octanol–water partition coefficient (Wildman–Crippen LogP) is -0.850. The Morgan fingerprint density at radius 3 is 2.27 bits per heavy atom. The number of nitrogens with one attached hydrogen (secondary N) is 1. The van der Waals surface area contributed by atoms with E-state index in [1.165, 1.54) is 13.8 Å². The zero-order valence-corrected chi connectivity index (χ0v) is 9.88. The molecular weight excluding hydrogens is 222 g/mol. The van der Waals surface area contributed by atoms with E-state index in [1.807, 2.05) is 0 Å². The molecule has 3 N–H and O–H groups in total. The lowest BCUT2D eigenvalue weighted by molar-refractivity contribution is -0.141. The first-order valence-electron chi connectivity index (χ1n) is 4.05. The third-order valence-electron chi connectivity index (χ3n) is 1.35. The maximum absolute atomic E-state index is 11.0. The number of hydrogen-bond donors (Lipinski definition) is 2. The van der Waals surface area contributed by atoms with Crippen molar-refractivity contribution in [1.82, 2.24) is 4.72 Å². The molecule has 7 nitrogen and oxygen atoms in total. The summed E-state index contributed by atoms with van der Waals surface area (Å²) < 4.78 is 24.2. The van der Waals surface area contributed by atoms with Crippen molar-refractivity contribution in [3.8, 4) is 0 Å². The highest BCUT2D eigenvalue weighted by Crippen LogP contribution is 2.04. The summed E-state index contributed by atoms with van der Waals surface area (Å²) in [6.45, 7) is 4.15. The molecule has 0 fully saturated rings. The number of sulfonamides is 1. The van der Waals surface area contributed by atoms with Crippen LogP contribution in [0.5, 0.6) is 0 Å². The number of rotatable bonds is 4. The minimum absolute atomic E-state index is 0.136. The van der Waals surface area contributed by atoms with Crippen LogP contribution in [0, 0.1) is 0 Å². The monoisotopic (exact) mass is 237 g/mol. The Morgan fingerprint density at radius 2 is 1.93 bits per heavy atom. The molecule has 0 spiro atoms. The fourth-order valence-corrected chi connectivity index (χ4v) is 1.77. The minimum Gasteiger partial charge on any atom is -0.383 e. The third-order valence-corrected chi connectivity index (χ3v) is 2.23. The average molecular weight is 237 g/mol. The number of nitrogens with zero attached hydrogens (tertiary/aromatic N) is 1. The molecule has 0 aliphatic heterocycles. The summed E-state index contributed by atoms with van der Waals surface area (Å²) in [6, 6.07) is 0. The molecule has 0 amide bonds. The van der Waals surface area contributed by atoms with Crippen LogP contribution < -0.4 is 10.5 Å². The summed E-state index contributed by atoms with van der Waals surface area (Å²) in [7, 11) is -3.42. The number of carbonyl (C=O) groups excluding carboxylic acids is 1. The zero-order chi connectivity index (χ0) is 12.3. The van der Waals surface area contributed by atoms with Gasteiger partial charge in [-0.2, -0.15) is 0 Å². The number of hydrogen-bond acceptors (Lipinski definition) is 5. The van der Waals surface area contributed by atoms with E-state index < -0.39 is 21.5 Å². The van der Waals surface area contributed by atoms with Crippen molar-refractivity contribution in [1.29, 1.82) is 0 Å². The lowest BCUT2D eigenvalue weighted by Gasteiger charge is -2.23. The summed E-state index contributed by atoms with van der Waals surface area (Å²) in [6.07, 6.45) is 0.994. The summed E-state index contributed by atoms with van der Waals surface area (Å²) in [5.41, 5.74) is 4.34. The average Bonchev–Trinajstić information content (AvgIpc) is 1.94. The molecule has 0 atom stereocenters. The van der Waals surface area contributed by atoms with E-state index in [1.54, 1.807) is 0 Å². The number of carbonyl (C=O) groups is 1. The maximum atomic E-state index is 11.0. The third kappa shape index (κ3) is 6.02. The summed E-state index contributed by atoms with van der Waals surface area (Å²) in [4.78, 5) is 14.7. The van der Waals surface area contributed by atoms with Gasteiger partial charge in [-0.3, -0.25) is 0 Å². The van der Waals surface area contributed by atoms with Gasteiger partial charge in [-0.15, -0.1) is 0 Å². The van der Waals surface area contributed by atoms with Crippen LogP contribution in [0.25, 0.3) is 0 Å². The Labute approximate surface area is 88.7 Å². The second-order valence-electron chi connectivity index (χ2n) is 3.56. The molecule has 0 aromatic heterocycles. The summed E-state index contributed by atoms with van der Waals surface area (Å²) in [5, 5.41) is 3.30. The fourth-order valence-electron chi connectivity index (χ4n) is 0.743. The van der Waals surface area contributed by atoms with E-state index in [4.69, 9.17) is 5.73 Å². The Balaban J connectivity index is 4.72. The molecule has 0 aliphatic rings. The summed E-state index contributed by atoms with van der Waals surface area (Å²) in [5.74, 6) is -0.767. The van der Waals surface area contributed by atoms with Gasteiger partial charge in [0.15, 0.2) is 5.84 Å². The van der Waals surface area contributed by atoms with Gasteiger partial charge in [0.05, 0.1) is 11.8 Å². The van der Waals surface area contributed by atoms with Gasteiger partial charge in [0.1, 0.15) is 0 Å². The van der Waals surface area contributed by atoms with Crippen LogP contribution in [0.2, 0.25) is 0 Å². The standard InChI is InChI=1S/C7H15N3O4S/c1-5(11)14-9-6(8)7(2,3)10-15(4,12)13/h10H,1-4H3,(H2,8,9). The first-order valence-corrected chi connectivity index (χ1v) is 5.94. The van der Waals surface area contributed by atoms with Crippen molar-refractivity contribution in [3.63, 3.8) is 0 Å². The Kier molecular flexibility index (Phi) is 4.23. The molecular formula is C7H15N3O4S. The van der Waals surface area contributed by atoms with Crippen LogP contribution in [0.1, 0.15) is 20.8 Å². The second kappa shape index (κ2) is 4.58. The van der Waals surface area contributed by atoms with Crippen LogP contribution in [0.15, 0.2) is 5.16 Å². The molecule has 0 saturated heterocycles. The maximum Gasteiger partial charge on any atom is 0.332 e. The van der Waals surface area contributed by atoms with Gasteiger partial charge in [0, 0.05) is 6.92 Å². The normalized spacial score (nSPS) is 13.7. The first kappa shape index (κ1) is 13.8. The van der Waals surface area contributed by atoms with Gasteiger partial charge in [-0.1, -0.05) is 5.16 Å². The largest absolute Gasteiger partial charge is 0.383 e. The van der Waals surface area contributed by atoms with Crippen molar-refractivity contribution in [2.45, 2.75) is 26.3 Å².